The maximum Gasteiger partial charge on any atom is 0.260 e. The van der Waals surface area contributed by atoms with Crippen LogP contribution in [0, 0.1) is 5.82 Å². The fraction of sp³-hybridized carbons (Fsp3) is 0.263. The van der Waals surface area contributed by atoms with E-state index in [-0.39, 0.29) is 18.1 Å². The molecule has 0 saturated carbocycles. The Morgan fingerprint density at radius 3 is 2.48 bits per heavy atom. The molecule has 0 aliphatic carbocycles. The van der Waals surface area contributed by atoms with Crippen molar-refractivity contribution in [2.24, 2.45) is 0 Å². The van der Waals surface area contributed by atoms with Gasteiger partial charge in [0.2, 0.25) is 0 Å². The Morgan fingerprint density at radius 2 is 1.80 bits per heavy atom. The van der Waals surface area contributed by atoms with Crippen molar-refractivity contribution in [1.29, 1.82) is 0 Å². The minimum absolute atomic E-state index is 0.0665. The number of carbonyl (C=O) groups excluding carboxylic acids is 2. The number of nitrogens with one attached hydrogen (secondary N) is 1. The summed E-state index contributed by atoms with van der Waals surface area (Å²) in [7, 11) is 0. The van der Waals surface area contributed by atoms with E-state index >= 15 is 0 Å². The highest BCUT2D eigenvalue weighted by Gasteiger charge is 2.11. The Labute approximate surface area is 146 Å². The molecule has 0 aliphatic rings. The molecule has 0 aromatic heterocycles. The van der Waals surface area contributed by atoms with Gasteiger partial charge in [-0.2, -0.15) is 0 Å². The van der Waals surface area contributed by atoms with E-state index in [9.17, 15) is 14.0 Å². The number of amides is 2. The van der Waals surface area contributed by atoms with Gasteiger partial charge < -0.3 is 15.0 Å². The first-order valence-electron chi connectivity index (χ1n) is 8.11. The summed E-state index contributed by atoms with van der Waals surface area (Å²) in [6.07, 6.45) is 0. The predicted octanol–water partition coefficient (Wildman–Crippen LogP) is 3.33. The van der Waals surface area contributed by atoms with E-state index in [0.717, 1.165) is 0 Å². The van der Waals surface area contributed by atoms with Crippen molar-refractivity contribution in [2.45, 2.75) is 13.8 Å². The monoisotopic (exact) mass is 344 g/mol. The SMILES string of the molecule is CCN(CC)C(=O)COc1cccc(NC(=O)c2cccc(F)c2)c1. The largest absolute Gasteiger partial charge is 0.484 e. The van der Waals surface area contributed by atoms with Crippen molar-refractivity contribution in [3.8, 4) is 5.75 Å². The lowest BCUT2D eigenvalue weighted by Crippen LogP contribution is -2.34. The van der Waals surface area contributed by atoms with Gasteiger partial charge in [0.1, 0.15) is 11.6 Å². The van der Waals surface area contributed by atoms with Crippen molar-refractivity contribution in [3.05, 3.63) is 59.9 Å². The molecule has 5 nitrogen and oxygen atoms in total. The van der Waals surface area contributed by atoms with E-state index in [2.05, 4.69) is 5.32 Å². The lowest BCUT2D eigenvalue weighted by atomic mass is 10.2. The smallest absolute Gasteiger partial charge is 0.260 e. The molecule has 0 spiro atoms. The third-order valence-electron chi connectivity index (χ3n) is 3.66. The van der Waals surface area contributed by atoms with Crippen molar-refractivity contribution in [2.75, 3.05) is 25.0 Å². The fourth-order valence-electron chi connectivity index (χ4n) is 2.31. The average Bonchev–Trinajstić information content (AvgIpc) is 2.61. The summed E-state index contributed by atoms with van der Waals surface area (Å²) in [6.45, 7) is 5.00. The predicted molar refractivity (Wildman–Crippen MR) is 94.2 cm³/mol. The molecule has 0 atom stereocenters. The number of halogens is 1. The van der Waals surface area contributed by atoms with E-state index in [0.29, 0.717) is 24.5 Å². The van der Waals surface area contributed by atoms with Gasteiger partial charge in [0.05, 0.1) is 0 Å². The minimum Gasteiger partial charge on any atom is -0.484 e. The Balaban J connectivity index is 1.99. The normalized spacial score (nSPS) is 10.2. The highest BCUT2D eigenvalue weighted by atomic mass is 19.1. The van der Waals surface area contributed by atoms with Crippen LogP contribution in [0.4, 0.5) is 10.1 Å². The molecule has 0 aliphatic heterocycles. The zero-order chi connectivity index (χ0) is 18.2. The molecule has 0 radical (unpaired) electrons. The topological polar surface area (TPSA) is 58.6 Å². The van der Waals surface area contributed by atoms with Gasteiger partial charge in [-0.1, -0.05) is 12.1 Å². The number of hydrogen-bond acceptors (Lipinski definition) is 3. The molecule has 2 aromatic carbocycles. The van der Waals surface area contributed by atoms with Gasteiger partial charge in [0, 0.05) is 30.4 Å². The van der Waals surface area contributed by atoms with Gasteiger partial charge in [-0.3, -0.25) is 9.59 Å². The Bertz CT molecular complexity index is 745. The van der Waals surface area contributed by atoms with E-state index in [1.807, 2.05) is 13.8 Å². The van der Waals surface area contributed by atoms with E-state index in [1.54, 1.807) is 29.2 Å². The summed E-state index contributed by atoms with van der Waals surface area (Å²) in [4.78, 5) is 25.8. The highest BCUT2D eigenvalue weighted by Crippen LogP contribution is 2.18. The minimum atomic E-state index is -0.473. The summed E-state index contributed by atoms with van der Waals surface area (Å²) >= 11 is 0. The number of benzene rings is 2. The van der Waals surface area contributed by atoms with Crippen molar-refractivity contribution in [1.82, 2.24) is 4.90 Å². The number of rotatable bonds is 7. The molecule has 1 N–H and O–H groups in total. The first kappa shape index (κ1) is 18.4. The summed E-state index contributed by atoms with van der Waals surface area (Å²) in [5.74, 6) is -0.521. The molecule has 25 heavy (non-hydrogen) atoms. The molecular formula is C19H21FN2O3. The van der Waals surface area contributed by atoms with Crippen LogP contribution in [0.15, 0.2) is 48.5 Å². The summed E-state index contributed by atoms with van der Waals surface area (Å²) in [6, 6.07) is 12.2. The van der Waals surface area contributed by atoms with Crippen molar-refractivity contribution < 1.29 is 18.7 Å². The van der Waals surface area contributed by atoms with Gasteiger partial charge in [0.15, 0.2) is 6.61 Å². The molecular weight excluding hydrogens is 323 g/mol. The summed E-state index contributed by atoms with van der Waals surface area (Å²) in [5.41, 5.74) is 0.727. The van der Waals surface area contributed by atoms with Crippen LogP contribution >= 0.6 is 0 Å². The van der Waals surface area contributed by atoms with Crippen LogP contribution in [-0.4, -0.2) is 36.4 Å². The van der Waals surface area contributed by atoms with Crippen LogP contribution in [0.3, 0.4) is 0 Å². The summed E-state index contributed by atoms with van der Waals surface area (Å²) in [5, 5.41) is 2.68. The second kappa shape index (κ2) is 8.82. The number of hydrogen-bond donors (Lipinski definition) is 1. The van der Waals surface area contributed by atoms with Crippen LogP contribution < -0.4 is 10.1 Å². The van der Waals surface area contributed by atoms with Gasteiger partial charge in [-0.05, 0) is 44.2 Å². The third-order valence-corrected chi connectivity index (χ3v) is 3.66. The van der Waals surface area contributed by atoms with Gasteiger partial charge in [-0.15, -0.1) is 0 Å². The van der Waals surface area contributed by atoms with Crippen LogP contribution in [0.25, 0.3) is 0 Å². The highest BCUT2D eigenvalue weighted by molar-refractivity contribution is 6.04. The van der Waals surface area contributed by atoms with E-state index < -0.39 is 11.7 Å². The molecule has 2 rings (SSSR count). The van der Waals surface area contributed by atoms with Crippen molar-refractivity contribution in [3.63, 3.8) is 0 Å². The lowest BCUT2D eigenvalue weighted by molar-refractivity contribution is -0.132. The molecule has 2 aromatic rings. The molecule has 0 bridgehead atoms. The molecule has 0 saturated heterocycles. The molecule has 0 fully saturated rings. The zero-order valence-corrected chi connectivity index (χ0v) is 14.3. The second-order valence-corrected chi connectivity index (χ2v) is 5.35. The Kier molecular flexibility index (Phi) is 6.51. The van der Waals surface area contributed by atoms with E-state index in [1.165, 1.54) is 24.3 Å². The molecule has 2 amide bonds. The number of ether oxygens (including phenoxy) is 1. The van der Waals surface area contributed by atoms with Gasteiger partial charge >= 0.3 is 0 Å². The number of likely N-dealkylation sites (N-methyl/N-ethyl adjacent to an activating group) is 1. The van der Waals surface area contributed by atoms with Crippen LogP contribution in [-0.2, 0) is 4.79 Å². The first-order valence-corrected chi connectivity index (χ1v) is 8.11. The first-order chi connectivity index (χ1) is 12.0. The van der Waals surface area contributed by atoms with Gasteiger partial charge in [-0.25, -0.2) is 4.39 Å². The average molecular weight is 344 g/mol. The summed E-state index contributed by atoms with van der Waals surface area (Å²) < 4.78 is 18.7. The lowest BCUT2D eigenvalue weighted by Gasteiger charge is -2.18. The zero-order valence-electron chi connectivity index (χ0n) is 14.3. The van der Waals surface area contributed by atoms with Crippen LogP contribution in [0.5, 0.6) is 5.75 Å². The standard InChI is InChI=1S/C19H21FN2O3/c1-3-22(4-2)18(23)13-25-17-10-6-9-16(12-17)21-19(24)14-7-5-8-15(20)11-14/h5-12H,3-4,13H2,1-2H3,(H,21,24). The van der Waals surface area contributed by atoms with Crippen LogP contribution in [0.2, 0.25) is 0 Å². The quantitative estimate of drug-likeness (QED) is 0.838. The Morgan fingerprint density at radius 1 is 1.08 bits per heavy atom. The van der Waals surface area contributed by atoms with Crippen LogP contribution in [0.1, 0.15) is 24.2 Å². The van der Waals surface area contributed by atoms with Crippen molar-refractivity contribution >= 4 is 17.5 Å². The second-order valence-electron chi connectivity index (χ2n) is 5.35. The molecule has 132 valence electrons. The van der Waals surface area contributed by atoms with Gasteiger partial charge in [0.25, 0.3) is 11.8 Å². The molecule has 0 heterocycles. The third kappa shape index (κ3) is 5.31. The number of nitrogens with zero attached hydrogens (tertiary/aromatic N) is 1. The molecule has 0 unspecified atom stereocenters. The number of carbonyl (C=O) groups is 2. The maximum atomic E-state index is 13.2. The molecule has 6 heteroatoms. The Hall–Kier alpha value is -2.89. The maximum absolute atomic E-state index is 13.2. The fourth-order valence-corrected chi connectivity index (χ4v) is 2.31. The van der Waals surface area contributed by atoms with E-state index in [4.69, 9.17) is 4.74 Å². The number of anilines is 1.